The number of cyclic esters (lactones) is 1. The second-order valence-corrected chi connectivity index (χ2v) is 11.7. The predicted octanol–water partition coefficient (Wildman–Crippen LogP) is 3.68. The molecule has 2 rings (SSSR count). The number of allylic oxidation sites excluding steroid dienone is 7. The number of hydrogen-bond donors (Lipinski definition) is 4. The maximum atomic E-state index is 13.3. The first-order valence-corrected chi connectivity index (χ1v) is 15.5. The molecule has 0 unspecified atom stereocenters. The molecule has 0 aliphatic carbocycles. The van der Waals surface area contributed by atoms with Crippen molar-refractivity contribution in [3.05, 3.63) is 59.8 Å². The molecule has 0 spiro atoms. The molecule has 0 radical (unpaired) electrons. The molecule has 44 heavy (non-hydrogen) atoms. The van der Waals surface area contributed by atoms with Gasteiger partial charge in [0, 0.05) is 33.5 Å². The van der Waals surface area contributed by atoms with E-state index in [1.807, 2.05) is 57.2 Å². The van der Waals surface area contributed by atoms with Crippen LogP contribution in [0.1, 0.15) is 66.2 Å². The van der Waals surface area contributed by atoms with Gasteiger partial charge in [-0.05, 0) is 51.2 Å². The van der Waals surface area contributed by atoms with E-state index in [0.29, 0.717) is 6.42 Å². The summed E-state index contributed by atoms with van der Waals surface area (Å²) in [6, 6.07) is 0. The van der Waals surface area contributed by atoms with Crippen LogP contribution in [0.25, 0.3) is 0 Å². The molecule has 10 nitrogen and oxygen atoms in total. The minimum Gasteiger partial charge on any atom is -0.458 e. The van der Waals surface area contributed by atoms with Crippen LogP contribution < -0.4 is 0 Å². The number of hydrogen-bond acceptors (Lipinski definition) is 10. The van der Waals surface area contributed by atoms with Gasteiger partial charge in [0.05, 0.1) is 31.3 Å². The number of rotatable bonds is 8. The van der Waals surface area contributed by atoms with Crippen molar-refractivity contribution in [1.29, 1.82) is 0 Å². The lowest BCUT2D eigenvalue weighted by atomic mass is 9.96. The van der Waals surface area contributed by atoms with Crippen LogP contribution in [0.4, 0.5) is 0 Å². The van der Waals surface area contributed by atoms with Crippen molar-refractivity contribution in [2.24, 2.45) is 5.92 Å². The summed E-state index contributed by atoms with van der Waals surface area (Å²) in [4.78, 5) is 13.3. The first kappa shape index (κ1) is 38.0. The number of aliphatic hydroxyl groups excluding tert-OH is 4. The molecule has 1 fully saturated rings. The largest absolute Gasteiger partial charge is 0.458 e. The van der Waals surface area contributed by atoms with E-state index in [4.69, 9.17) is 23.7 Å². The molecule has 2 aliphatic rings. The molecule has 0 bridgehead atoms. The number of carbonyl (C=O) groups is 1. The zero-order valence-corrected chi connectivity index (χ0v) is 27.1. The van der Waals surface area contributed by atoms with E-state index >= 15 is 0 Å². The van der Waals surface area contributed by atoms with Crippen molar-refractivity contribution >= 4 is 5.97 Å². The molecule has 2 aliphatic heterocycles. The van der Waals surface area contributed by atoms with Crippen molar-refractivity contribution in [2.75, 3.05) is 20.8 Å². The number of aliphatic hydroxyl groups is 4. The molecule has 10 atom stereocenters. The lowest BCUT2D eigenvalue weighted by molar-refractivity contribution is -0.316. The number of methoxy groups -OCH3 is 2. The molecule has 0 aromatic heterocycles. The second kappa shape index (κ2) is 20.1. The zero-order valence-electron chi connectivity index (χ0n) is 27.1. The number of carbonyl (C=O) groups excluding carboxylic acids is 1. The van der Waals surface area contributed by atoms with Gasteiger partial charge in [0.2, 0.25) is 0 Å². The Morgan fingerprint density at radius 3 is 2.41 bits per heavy atom. The Hall–Kier alpha value is -2.15. The Bertz CT molecular complexity index is 1000. The van der Waals surface area contributed by atoms with E-state index in [1.54, 1.807) is 7.11 Å². The highest BCUT2D eigenvalue weighted by molar-refractivity contribution is 5.70. The minimum absolute atomic E-state index is 0.0117. The van der Waals surface area contributed by atoms with Crippen LogP contribution in [0.3, 0.4) is 0 Å². The average Bonchev–Trinajstić information content (AvgIpc) is 2.97. The van der Waals surface area contributed by atoms with Gasteiger partial charge in [-0.15, -0.1) is 0 Å². The summed E-state index contributed by atoms with van der Waals surface area (Å²) in [6.07, 6.45) is 9.13. The molecule has 0 saturated carbocycles. The summed E-state index contributed by atoms with van der Waals surface area (Å²) in [5.74, 6) is -0.295. The minimum atomic E-state index is -1.42. The third-order valence-corrected chi connectivity index (χ3v) is 7.86. The molecule has 0 amide bonds. The highest BCUT2D eigenvalue weighted by atomic mass is 16.7. The van der Waals surface area contributed by atoms with Gasteiger partial charge < -0.3 is 44.1 Å². The monoisotopic (exact) mass is 622 g/mol. The fraction of sp³-hybridized carbons (Fsp3) is 0.676. The normalized spacial score (nSPS) is 38.3. The predicted molar refractivity (Wildman–Crippen MR) is 168 cm³/mol. The molecule has 0 aromatic carbocycles. The number of esters is 1. The maximum absolute atomic E-state index is 13.3. The molecule has 250 valence electrons. The summed E-state index contributed by atoms with van der Waals surface area (Å²) in [5, 5.41) is 42.2. The van der Waals surface area contributed by atoms with Crippen molar-refractivity contribution in [3.63, 3.8) is 0 Å². The second-order valence-electron chi connectivity index (χ2n) is 11.7. The fourth-order valence-electron chi connectivity index (χ4n) is 5.46. The smallest absolute Gasteiger partial charge is 0.309 e. The zero-order chi connectivity index (χ0) is 32.6. The van der Waals surface area contributed by atoms with E-state index < -0.39 is 61.6 Å². The average molecular weight is 623 g/mol. The molecular formula is C34H54O10. The maximum Gasteiger partial charge on any atom is 0.309 e. The molecule has 1 saturated heterocycles. The van der Waals surface area contributed by atoms with E-state index in [-0.39, 0.29) is 31.3 Å². The summed E-state index contributed by atoms with van der Waals surface area (Å²) >= 11 is 0. The van der Waals surface area contributed by atoms with E-state index in [0.717, 1.165) is 24.0 Å². The Morgan fingerprint density at radius 2 is 1.77 bits per heavy atom. The quantitative estimate of drug-likeness (QED) is 0.234. The SMILES string of the molecule is C/C=C/C/C(C)=C\[C@H]1C/C=C/C=C/C[C@H](C)/C=C(\C)[C@@H](OC)C[C@@H](O)C[C@@H](O[C@@H]2O[C@H](CO)[C@@H](O)[C@H](OC)[C@H]2O)CC(=O)O1. The van der Waals surface area contributed by atoms with Crippen LogP contribution in [-0.2, 0) is 28.5 Å². The van der Waals surface area contributed by atoms with Crippen molar-refractivity contribution < 1.29 is 48.9 Å². The van der Waals surface area contributed by atoms with Crippen LogP contribution >= 0.6 is 0 Å². The Labute approximate surface area is 262 Å². The standard InChI is InChI=1S/C34H54O10/c1-7-8-13-23(3)17-26-15-12-10-9-11-14-22(2)16-24(4)28(40-5)19-25(36)18-27(20-30(37)42-26)43-34-32(39)33(41-6)31(38)29(21-35)44-34/h7-12,16-17,22,25-29,31-36,38-39H,13-15,18-21H2,1-6H3/b8-7+,11-9+,12-10+,23-17-,24-16+/t22-,25-,26+,27+,28-,29+,31+,32+,33-,34+/m0/s1. The van der Waals surface area contributed by atoms with Crippen molar-refractivity contribution in [3.8, 4) is 0 Å². The van der Waals surface area contributed by atoms with Gasteiger partial charge in [-0.25, -0.2) is 0 Å². The van der Waals surface area contributed by atoms with Gasteiger partial charge in [-0.2, -0.15) is 0 Å². The third kappa shape index (κ3) is 12.7. The fourth-order valence-corrected chi connectivity index (χ4v) is 5.46. The van der Waals surface area contributed by atoms with Crippen LogP contribution in [-0.4, -0.2) is 102 Å². The summed E-state index contributed by atoms with van der Waals surface area (Å²) in [6.45, 7) is 7.48. The van der Waals surface area contributed by atoms with E-state index in [2.05, 4.69) is 19.1 Å². The first-order chi connectivity index (χ1) is 21.0. The van der Waals surface area contributed by atoms with Gasteiger partial charge >= 0.3 is 5.97 Å². The lowest BCUT2D eigenvalue weighted by Gasteiger charge is -2.42. The lowest BCUT2D eigenvalue weighted by Crippen LogP contribution is -2.60. The highest BCUT2D eigenvalue weighted by Crippen LogP contribution is 2.28. The summed E-state index contributed by atoms with van der Waals surface area (Å²) in [5.41, 5.74) is 2.03. The molecule has 0 aromatic rings. The topological polar surface area (TPSA) is 144 Å². The van der Waals surface area contributed by atoms with Gasteiger partial charge in [0.25, 0.3) is 0 Å². The highest BCUT2D eigenvalue weighted by Gasteiger charge is 2.46. The van der Waals surface area contributed by atoms with Crippen LogP contribution in [0.2, 0.25) is 0 Å². The molecule has 4 N–H and O–H groups in total. The summed E-state index contributed by atoms with van der Waals surface area (Å²) in [7, 11) is 2.91. The van der Waals surface area contributed by atoms with Crippen LogP contribution in [0, 0.1) is 5.92 Å². The third-order valence-electron chi connectivity index (χ3n) is 7.86. The van der Waals surface area contributed by atoms with Gasteiger partial charge in [0.15, 0.2) is 6.29 Å². The van der Waals surface area contributed by atoms with Crippen LogP contribution in [0.5, 0.6) is 0 Å². The molecule has 2 heterocycles. The molecular weight excluding hydrogens is 568 g/mol. The number of ether oxygens (including phenoxy) is 5. The Kier molecular flexibility index (Phi) is 17.4. The van der Waals surface area contributed by atoms with Gasteiger partial charge in [-0.1, -0.05) is 55.0 Å². The van der Waals surface area contributed by atoms with E-state index in [9.17, 15) is 25.2 Å². The Morgan fingerprint density at radius 1 is 1.07 bits per heavy atom. The first-order valence-electron chi connectivity index (χ1n) is 15.5. The van der Waals surface area contributed by atoms with Crippen molar-refractivity contribution in [1.82, 2.24) is 0 Å². The van der Waals surface area contributed by atoms with Gasteiger partial charge in [0.1, 0.15) is 30.5 Å². The van der Waals surface area contributed by atoms with Gasteiger partial charge in [-0.3, -0.25) is 4.79 Å². The van der Waals surface area contributed by atoms with E-state index in [1.165, 1.54) is 7.11 Å². The molecule has 10 heteroatoms. The summed E-state index contributed by atoms with van der Waals surface area (Å²) < 4.78 is 28.6. The Balaban J connectivity index is 2.39. The van der Waals surface area contributed by atoms with Crippen LogP contribution in [0.15, 0.2) is 59.8 Å². The van der Waals surface area contributed by atoms with Crippen molar-refractivity contribution in [2.45, 2.75) is 121 Å².